The van der Waals surface area contributed by atoms with Crippen molar-refractivity contribution < 1.29 is 64.6 Å². The first-order valence-electron chi connectivity index (χ1n) is 42.2. The van der Waals surface area contributed by atoms with Crippen LogP contribution < -0.4 is 5.32 Å². The van der Waals surface area contributed by atoms with Gasteiger partial charge in [0.1, 0.15) is 48.8 Å². The lowest BCUT2D eigenvalue weighted by Crippen LogP contribution is -2.65. The number of unbranched alkanes of at least 4 members (excludes halogenated alkanes) is 32. The predicted octanol–water partition coefficient (Wildman–Crippen LogP) is 20.1. The lowest BCUT2D eigenvalue weighted by atomic mass is 9.97. The smallest absolute Gasteiger partial charge is 0.220 e. The standard InChI is InChI=1S/C91H153NO13/c1-3-5-7-9-11-13-15-17-19-21-23-25-27-29-31-33-35-37-38-39-40-41-42-43-45-47-49-51-53-55-57-59-61-63-65-67-69-71-73-75-83(96)92-79(78-102-90-88(101)86(99)89(82(77-94)104-90)105-91-87(100)85(98)84(97)81(76-93)103-91)80(95)74-72-70-68-66-64-62-60-58-56-54-52-50-48-46-44-36-34-32-30-28-26-24-22-20-18-16-14-12-10-8-6-4-2/h5,7,11,13,17,19,23,25,29,31,35,37,39-40,42-43,47,49,53,55-56,58,64,66,72,74,79-82,84-91,93-95,97-101H,3-4,6,8-10,12,14-16,18,20-22,24,26-28,30,32-34,36,38,41,44-46,48,50-52,54,57,59-63,65,67-71,73,75-78H2,1-2H3,(H,92,96)/b7-5-,13-11-,19-17-,25-23-,31-29-,37-35-,40-39-,43-42-,49-47-,55-53-,58-56+,66-64+,74-72+. The van der Waals surface area contributed by atoms with E-state index in [-0.39, 0.29) is 18.9 Å². The van der Waals surface area contributed by atoms with Gasteiger partial charge in [0.2, 0.25) is 5.91 Å². The molecule has 0 aromatic carbocycles. The van der Waals surface area contributed by atoms with Crippen molar-refractivity contribution in [2.24, 2.45) is 0 Å². The van der Waals surface area contributed by atoms with Crippen LogP contribution in [-0.4, -0.2) is 140 Å². The summed E-state index contributed by atoms with van der Waals surface area (Å²) in [5, 5.41) is 87.7. The molecule has 0 spiro atoms. The van der Waals surface area contributed by atoms with E-state index in [1.54, 1.807) is 6.08 Å². The topological polar surface area (TPSA) is 228 Å². The Labute approximate surface area is 639 Å². The quantitative estimate of drug-likeness (QED) is 0.0204. The summed E-state index contributed by atoms with van der Waals surface area (Å²) in [5.41, 5.74) is 0. The Morgan fingerprint density at radius 1 is 0.352 bits per heavy atom. The highest BCUT2D eigenvalue weighted by atomic mass is 16.7. The maximum atomic E-state index is 13.4. The average molecular weight is 1470 g/mol. The first-order chi connectivity index (χ1) is 51.6. The molecule has 2 heterocycles. The highest BCUT2D eigenvalue weighted by Gasteiger charge is 2.51. The number of carbonyl (C=O) groups excluding carboxylic acids is 1. The number of carbonyl (C=O) groups is 1. The number of hydrogen-bond donors (Lipinski definition) is 9. The van der Waals surface area contributed by atoms with Crippen molar-refractivity contribution in [3.63, 3.8) is 0 Å². The van der Waals surface area contributed by atoms with Gasteiger partial charge in [-0.25, -0.2) is 0 Å². The van der Waals surface area contributed by atoms with Crippen LogP contribution in [0.2, 0.25) is 0 Å². The van der Waals surface area contributed by atoms with Gasteiger partial charge in [-0.1, -0.05) is 345 Å². The van der Waals surface area contributed by atoms with Crippen LogP contribution in [0.3, 0.4) is 0 Å². The Hall–Kier alpha value is -4.39. The number of aliphatic hydroxyl groups is 8. The van der Waals surface area contributed by atoms with Gasteiger partial charge in [-0.2, -0.15) is 0 Å². The molecular formula is C91H153NO13. The molecule has 2 aliphatic rings. The van der Waals surface area contributed by atoms with Gasteiger partial charge in [0, 0.05) is 6.42 Å². The fraction of sp³-hybridized carbons (Fsp3) is 0.703. The summed E-state index contributed by atoms with van der Waals surface area (Å²) in [5.74, 6) is -0.266. The van der Waals surface area contributed by atoms with Gasteiger partial charge in [0.05, 0.1) is 32.0 Å². The van der Waals surface area contributed by atoms with E-state index < -0.39 is 86.8 Å². The van der Waals surface area contributed by atoms with Crippen LogP contribution in [0, 0.1) is 0 Å². The van der Waals surface area contributed by atoms with E-state index in [1.165, 1.54) is 161 Å². The van der Waals surface area contributed by atoms with E-state index in [2.05, 4.69) is 165 Å². The second kappa shape index (κ2) is 72.5. The molecule has 0 bridgehead atoms. The van der Waals surface area contributed by atoms with Gasteiger partial charge < -0.3 is 65.1 Å². The van der Waals surface area contributed by atoms with E-state index in [4.69, 9.17) is 18.9 Å². The Morgan fingerprint density at radius 3 is 1.05 bits per heavy atom. The summed E-state index contributed by atoms with van der Waals surface area (Å²) in [6, 6.07) is -0.957. The maximum absolute atomic E-state index is 13.4. The molecule has 9 N–H and O–H groups in total. The highest BCUT2D eigenvalue weighted by molar-refractivity contribution is 5.76. The fourth-order valence-electron chi connectivity index (χ4n) is 12.8. The van der Waals surface area contributed by atoms with Crippen molar-refractivity contribution in [1.29, 1.82) is 0 Å². The molecule has 1 amide bonds. The van der Waals surface area contributed by atoms with Crippen LogP contribution in [0.4, 0.5) is 0 Å². The summed E-state index contributed by atoms with van der Waals surface area (Å²) in [4.78, 5) is 13.4. The Kier molecular flexibility index (Phi) is 66.7. The molecule has 0 aliphatic carbocycles. The van der Waals surface area contributed by atoms with Gasteiger partial charge in [-0.3, -0.25) is 4.79 Å². The average Bonchev–Trinajstić information content (AvgIpc) is 0.789. The fourth-order valence-corrected chi connectivity index (χ4v) is 12.8. The zero-order valence-corrected chi connectivity index (χ0v) is 65.9. The molecular weight excluding hydrogens is 1310 g/mol. The van der Waals surface area contributed by atoms with Crippen molar-refractivity contribution >= 4 is 5.91 Å². The first-order valence-corrected chi connectivity index (χ1v) is 42.2. The Morgan fingerprint density at radius 2 is 0.667 bits per heavy atom. The molecule has 0 aromatic rings. The van der Waals surface area contributed by atoms with Gasteiger partial charge >= 0.3 is 0 Å². The second-order valence-corrected chi connectivity index (χ2v) is 28.9. The second-order valence-electron chi connectivity index (χ2n) is 28.9. The Balaban J connectivity index is 1.64. The van der Waals surface area contributed by atoms with Crippen molar-refractivity contribution in [1.82, 2.24) is 5.32 Å². The first kappa shape index (κ1) is 96.7. The number of hydrogen-bond acceptors (Lipinski definition) is 13. The van der Waals surface area contributed by atoms with Crippen LogP contribution in [0.5, 0.6) is 0 Å². The zero-order valence-electron chi connectivity index (χ0n) is 65.9. The monoisotopic (exact) mass is 1470 g/mol. The van der Waals surface area contributed by atoms with Crippen LogP contribution in [0.15, 0.2) is 158 Å². The molecule has 14 nitrogen and oxygen atoms in total. The van der Waals surface area contributed by atoms with Crippen molar-refractivity contribution in [3.8, 4) is 0 Å². The van der Waals surface area contributed by atoms with E-state index in [1.807, 2.05) is 6.08 Å². The van der Waals surface area contributed by atoms with Crippen LogP contribution in [0.1, 0.15) is 316 Å². The lowest BCUT2D eigenvalue weighted by Gasteiger charge is -2.46. The summed E-state index contributed by atoms with van der Waals surface area (Å²) in [7, 11) is 0. The third kappa shape index (κ3) is 54.8. The van der Waals surface area contributed by atoms with Gasteiger partial charge in [0.25, 0.3) is 0 Å². The van der Waals surface area contributed by atoms with E-state index in [9.17, 15) is 45.6 Å². The number of ether oxygens (including phenoxy) is 4. The van der Waals surface area contributed by atoms with E-state index >= 15 is 0 Å². The third-order valence-corrected chi connectivity index (χ3v) is 19.4. The molecule has 2 saturated heterocycles. The van der Waals surface area contributed by atoms with E-state index in [0.717, 1.165) is 122 Å². The van der Waals surface area contributed by atoms with Crippen molar-refractivity contribution in [2.75, 3.05) is 19.8 Å². The maximum Gasteiger partial charge on any atom is 0.220 e. The molecule has 2 rings (SSSR count). The molecule has 2 fully saturated rings. The van der Waals surface area contributed by atoms with E-state index in [0.29, 0.717) is 12.8 Å². The highest BCUT2D eigenvalue weighted by Crippen LogP contribution is 2.30. The molecule has 12 atom stereocenters. The number of aliphatic hydroxyl groups excluding tert-OH is 8. The molecule has 0 aromatic heterocycles. The summed E-state index contributed by atoms with van der Waals surface area (Å²) in [6.07, 6.45) is 94.7. The van der Waals surface area contributed by atoms with Gasteiger partial charge in [-0.15, -0.1) is 0 Å². The predicted molar refractivity (Wildman–Crippen MR) is 437 cm³/mol. The minimum absolute atomic E-state index is 0.250. The van der Waals surface area contributed by atoms with Crippen LogP contribution >= 0.6 is 0 Å². The Bertz CT molecular complexity index is 2380. The van der Waals surface area contributed by atoms with Gasteiger partial charge in [0.15, 0.2) is 12.6 Å². The largest absolute Gasteiger partial charge is 0.394 e. The molecule has 2 aliphatic heterocycles. The third-order valence-electron chi connectivity index (χ3n) is 19.4. The zero-order chi connectivity index (χ0) is 75.8. The van der Waals surface area contributed by atoms with Gasteiger partial charge in [-0.05, 0) is 122 Å². The SMILES string of the molecule is CC/C=C\C/C=C\C/C=C\C/C=C\C/C=C\C/C=C\C/C=C\C/C=C\C/C=C\C/C=C\CCCCCCCCCCC(=O)NC(COC1OC(CO)C(OC2OC(CO)C(O)C(O)C2O)C(O)C1O)C(O)/C=C/CC/C=C/CC/C=C/CCCCCCCCCCCCCCCCCCCCCCCC. The van der Waals surface area contributed by atoms with Crippen molar-refractivity contribution in [2.45, 2.75) is 389 Å². The normalized spacial score (nSPS) is 22.2. The molecule has 14 heteroatoms. The summed E-state index contributed by atoms with van der Waals surface area (Å²) in [6.45, 7) is 2.68. The molecule has 600 valence electrons. The number of allylic oxidation sites excluding steroid dienone is 25. The minimum atomic E-state index is -1.80. The minimum Gasteiger partial charge on any atom is -0.394 e. The number of amides is 1. The molecule has 12 unspecified atom stereocenters. The molecule has 0 radical (unpaired) electrons. The summed E-state index contributed by atoms with van der Waals surface area (Å²) < 4.78 is 22.9. The number of rotatable bonds is 69. The summed E-state index contributed by atoms with van der Waals surface area (Å²) >= 11 is 0. The number of nitrogens with one attached hydrogen (secondary N) is 1. The van der Waals surface area contributed by atoms with Crippen molar-refractivity contribution in [3.05, 3.63) is 158 Å². The molecule has 0 saturated carbocycles. The van der Waals surface area contributed by atoms with Crippen LogP contribution in [0.25, 0.3) is 0 Å². The van der Waals surface area contributed by atoms with Crippen LogP contribution in [-0.2, 0) is 23.7 Å². The lowest BCUT2D eigenvalue weighted by molar-refractivity contribution is -0.359. The molecule has 105 heavy (non-hydrogen) atoms.